The normalized spacial score (nSPS) is 24.7. The number of ether oxygens (including phenoxy) is 1. The molecule has 2 saturated heterocycles. The van der Waals surface area contributed by atoms with Crippen molar-refractivity contribution in [3.63, 3.8) is 0 Å². The molecule has 128 valence electrons. The van der Waals surface area contributed by atoms with Crippen molar-refractivity contribution in [2.24, 2.45) is 0 Å². The van der Waals surface area contributed by atoms with Crippen molar-refractivity contribution in [1.29, 1.82) is 0 Å². The topological polar surface area (TPSA) is 70.2 Å². The highest BCUT2D eigenvalue weighted by atomic mass is 16.5. The Hall–Kier alpha value is -2.41. The van der Waals surface area contributed by atoms with Crippen LogP contribution in [0.25, 0.3) is 0 Å². The lowest BCUT2D eigenvalue weighted by molar-refractivity contribution is -0.147. The van der Waals surface area contributed by atoms with Gasteiger partial charge < -0.3 is 14.5 Å². The molecule has 24 heavy (non-hydrogen) atoms. The average Bonchev–Trinajstić information content (AvgIpc) is 2.81. The molecule has 0 aromatic heterocycles. The summed E-state index contributed by atoms with van der Waals surface area (Å²) in [7, 11) is 1.55. The summed E-state index contributed by atoms with van der Waals surface area (Å²) >= 11 is 0. The van der Waals surface area contributed by atoms with Crippen molar-refractivity contribution in [2.45, 2.75) is 19.1 Å². The molecule has 1 aromatic carbocycles. The second-order valence-electron chi connectivity index (χ2n) is 6.26. The lowest BCUT2D eigenvalue weighted by atomic mass is 10.1. The molecule has 2 atom stereocenters. The summed E-state index contributed by atoms with van der Waals surface area (Å²) < 4.78 is 5.93. The molecule has 0 radical (unpaired) electrons. The molecule has 0 saturated carbocycles. The zero-order valence-electron chi connectivity index (χ0n) is 13.8. The molecule has 0 bridgehead atoms. The van der Waals surface area contributed by atoms with Crippen molar-refractivity contribution in [2.75, 3.05) is 33.2 Å². The van der Waals surface area contributed by atoms with Gasteiger partial charge in [0.25, 0.3) is 5.91 Å². The third-order valence-corrected chi connectivity index (χ3v) is 4.31. The minimum atomic E-state index is -0.422. The zero-order chi connectivity index (χ0) is 17.3. The summed E-state index contributed by atoms with van der Waals surface area (Å²) in [4.78, 5) is 40.3. The molecule has 2 aliphatic rings. The molecule has 7 nitrogen and oxygen atoms in total. The smallest absolute Gasteiger partial charge is 0.327 e. The third kappa shape index (κ3) is 3.26. The molecule has 0 unspecified atom stereocenters. The predicted molar refractivity (Wildman–Crippen MR) is 86.0 cm³/mol. The maximum absolute atomic E-state index is 12.6. The Morgan fingerprint density at radius 3 is 2.54 bits per heavy atom. The summed E-state index contributed by atoms with van der Waals surface area (Å²) in [5, 5.41) is 0. The first kappa shape index (κ1) is 16.4. The van der Waals surface area contributed by atoms with E-state index in [-0.39, 0.29) is 37.1 Å². The molecular formula is C17H21N3O4. The van der Waals surface area contributed by atoms with Crippen LogP contribution in [-0.4, -0.2) is 71.9 Å². The van der Waals surface area contributed by atoms with Gasteiger partial charge in [-0.25, -0.2) is 4.79 Å². The highest BCUT2D eigenvalue weighted by Crippen LogP contribution is 2.25. The van der Waals surface area contributed by atoms with Crippen LogP contribution in [0, 0.1) is 0 Å². The number of carbonyl (C=O) groups is 3. The lowest BCUT2D eigenvalue weighted by Crippen LogP contribution is -2.50. The standard InChI is InChI=1S/C17H21N3O4/c1-12-8-19(9-14(24-12)13-6-4-3-5-7-13)15(21)11-20-16(22)10-18(2)17(20)23/h3-7,12,14H,8-11H2,1-2H3/t12-,14-/m0/s1. The highest BCUT2D eigenvalue weighted by Gasteiger charge is 2.37. The molecule has 0 aliphatic carbocycles. The molecule has 4 amide bonds. The average molecular weight is 331 g/mol. The van der Waals surface area contributed by atoms with Crippen LogP contribution in [0.4, 0.5) is 4.79 Å². The number of carbonyl (C=O) groups excluding carboxylic acids is 3. The van der Waals surface area contributed by atoms with Gasteiger partial charge in [-0.1, -0.05) is 30.3 Å². The fraction of sp³-hybridized carbons (Fsp3) is 0.471. The van der Waals surface area contributed by atoms with Gasteiger partial charge in [0.15, 0.2) is 0 Å². The Kier molecular flexibility index (Phi) is 4.53. The molecule has 2 heterocycles. The second-order valence-corrected chi connectivity index (χ2v) is 6.26. The van der Waals surface area contributed by atoms with Gasteiger partial charge in [-0.2, -0.15) is 0 Å². The number of nitrogens with zero attached hydrogens (tertiary/aromatic N) is 3. The van der Waals surface area contributed by atoms with E-state index >= 15 is 0 Å². The fourth-order valence-corrected chi connectivity index (χ4v) is 3.07. The first-order valence-electron chi connectivity index (χ1n) is 7.99. The first-order chi connectivity index (χ1) is 11.5. The van der Waals surface area contributed by atoms with Crippen molar-refractivity contribution < 1.29 is 19.1 Å². The molecule has 0 spiro atoms. The maximum atomic E-state index is 12.6. The van der Waals surface area contributed by atoms with Crippen LogP contribution in [0.3, 0.4) is 0 Å². The number of likely N-dealkylation sites (N-methyl/N-ethyl adjacent to an activating group) is 1. The number of morpholine rings is 1. The van der Waals surface area contributed by atoms with Crippen LogP contribution in [0.1, 0.15) is 18.6 Å². The molecule has 7 heteroatoms. The monoisotopic (exact) mass is 331 g/mol. The highest BCUT2D eigenvalue weighted by molar-refractivity contribution is 6.04. The van der Waals surface area contributed by atoms with Crippen LogP contribution < -0.4 is 0 Å². The van der Waals surface area contributed by atoms with Crippen LogP contribution >= 0.6 is 0 Å². The lowest BCUT2D eigenvalue weighted by Gasteiger charge is -2.37. The van der Waals surface area contributed by atoms with E-state index in [0.717, 1.165) is 10.5 Å². The van der Waals surface area contributed by atoms with E-state index in [1.807, 2.05) is 37.3 Å². The Balaban J connectivity index is 1.68. The van der Waals surface area contributed by atoms with Gasteiger partial charge in [-0.15, -0.1) is 0 Å². The van der Waals surface area contributed by atoms with Gasteiger partial charge >= 0.3 is 6.03 Å². The summed E-state index contributed by atoms with van der Waals surface area (Å²) in [6.45, 7) is 2.59. The van der Waals surface area contributed by atoms with Crippen molar-refractivity contribution in [3.05, 3.63) is 35.9 Å². The van der Waals surface area contributed by atoms with E-state index in [1.54, 1.807) is 11.9 Å². The van der Waals surface area contributed by atoms with E-state index in [2.05, 4.69) is 0 Å². The number of hydrogen-bond acceptors (Lipinski definition) is 4. The molecule has 2 aliphatic heterocycles. The number of benzene rings is 1. The number of rotatable bonds is 3. The van der Waals surface area contributed by atoms with Gasteiger partial charge in [0.2, 0.25) is 5.91 Å². The quantitative estimate of drug-likeness (QED) is 0.771. The van der Waals surface area contributed by atoms with Crippen molar-refractivity contribution in [3.8, 4) is 0 Å². The predicted octanol–water partition coefficient (Wildman–Crippen LogP) is 0.869. The second kappa shape index (κ2) is 6.60. The van der Waals surface area contributed by atoms with Crippen molar-refractivity contribution in [1.82, 2.24) is 14.7 Å². The van der Waals surface area contributed by atoms with Gasteiger partial charge in [-0.05, 0) is 12.5 Å². The van der Waals surface area contributed by atoms with Gasteiger partial charge in [0, 0.05) is 13.6 Å². The number of imide groups is 1. The molecule has 2 fully saturated rings. The molecular weight excluding hydrogens is 310 g/mol. The Morgan fingerprint density at radius 1 is 1.21 bits per heavy atom. The van der Waals surface area contributed by atoms with E-state index < -0.39 is 6.03 Å². The minimum absolute atomic E-state index is 0.0261. The first-order valence-corrected chi connectivity index (χ1v) is 7.99. The van der Waals surface area contributed by atoms with Gasteiger partial charge in [-0.3, -0.25) is 14.5 Å². The number of amides is 4. The summed E-state index contributed by atoms with van der Waals surface area (Å²) in [5.41, 5.74) is 1.01. The Bertz CT molecular complexity index is 648. The maximum Gasteiger partial charge on any atom is 0.327 e. The van der Waals surface area contributed by atoms with Crippen LogP contribution in [0.5, 0.6) is 0 Å². The SMILES string of the molecule is C[C@H]1CN(C(=O)CN2C(=O)CN(C)C2=O)C[C@@H](c2ccccc2)O1. The number of urea groups is 1. The van der Waals surface area contributed by atoms with Crippen LogP contribution in [0.2, 0.25) is 0 Å². The van der Waals surface area contributed by atoms with E-state index in [0.29, 0.717) is 13.1 Å². The number of hydrogen-bond donors (Lipinski definition) is 0. The molecule has 0 N–H and O–H groups in total. The van der Waals surface area contributed by atoms with Crippen LogP contribution in [-0.2, 0) is 14.3 Å². The molecule has 1 aromatic rings. The summed E-state index contributed by atoms with van der Waals surface area (Å²) in [5.74, 6) is -0.570. The third-order valence-electron chi connectivity index (χ3n) is 4.31. The van der Waals surface area contributed by atoms with Gasteiger partial charge in [0.1, 0.15) is 19.2 Å². The van der Waals surface area contributed by atoms with E-state index in [4.69, 9.17) is 4.74 Å². The molecule has 3 rings (SSSR count). The summed E-state index contributed by atoms with van der Waals surface area (Å²) in [6, 6.07) is 9.30. The Morgan fingerprint density at radius 2 is 1.92 bits per heavy atom. The minimum Gasteiger partial charge on any atom is -0.367 e. The van der Waals surface area contributed by atoms with Gasteiger partial charge in [0.05, 0.1) is 12.6 Å². The summed E-state index contributed by atoms with van der Waals surface area (Å²) in [6.07, 6.45) is -0.313. The van der Waals surface area contributed by atoms with E-state index in [1.165, 1.54) is 4.90 Å². The zero-order valence-corrected chi connectivity index (χ0v) is 13.8. The fourth-order valence-electron chi connectivity index (χ4n) is 3.07. The van der Waals surface area contributed by atoms with E-state index in [9.17, 15) is 14.4 Å². The Labute approximate surface area is 140 Å². The largest absolute Gasteiger partial charge is 0.367 e. The van der Waals surface area contributed by atoms with Crippen LogP contribution in [0.15, 0.2) is 30.3 Å². The van der Waals surface area contributed by atoms with Crippen molar-refractivity contribution >= 4 is 17.8 Å².